The molecule has 1 fully saturated rings. The van der Waals surface area contributed by atoms with Gasteiger partial charge in [0.25, 0.3) is 0 Å². The Morgan fingerprint density at radius 3 is 2.69 bits per heavy atom. The highest BCUT2D eigenvalue weighted by Gasteiger charge is 2.36. The number of benzene rings is 2. The number of rotatable bonds is 6. The van der Waals surface area contributed by atoms with Crippen LogP contribution in [0.5, 0.6) is 11.5 Å². The molecule has 0 saturated carbocycles. The summed E-state index contributed by atoms with van der Waals surface area (Å²) < 4.78 is 11.2. The summed E-state index contributed by atoms with van der Waals surface area (Å²) in [7, 11) is 3.68. The molecule has 6 heteroatoms. The third-order valence-corrected chi connectivity index (χ3v) is 5.84. The van der Waals surface area contributed by atoms with Crippen molar-refractivity contribution in [2.45, 2.75) is 19.5 Å². The Labute approximate surface area is 172 Å². The Morgan fingerprint density at radius 1 is 1.17 bits per heavy atom. The van der Waals surface area contributed by atoms with Crippen LogP contribution < -0.4 is 14.4 Å². The number of carbonyl (C=O) groups is 1. The Morgan fingerprint density at radius 2 is 1.97 bits per heavy atom. The van der Waals surface area contributed by atoms with Crippen molar-refractivity contribution < 1.29 is 14.3 Å². The zero-order valence-corrected chi connectivity index (χ0v) is 17.4. The Hall–Kier alpha value is -2.73. The number of nitrogens with zero attached hydrogens (tertiary/aromatic N) is 3. The lowest BCUT2D eigenvalue weighted by Crippen LogP contribution is -2.34. The second-order valence-corrected chi connectivity index (χ2v) is 7.63. The number of anilines is 1. The van der Waals surface area contributed by atoms with E-state index in [4.69, 9.17) is 9.47 Å². The average Bonchev–Trinajstić information content (AvgIpc) is 3.04. The monoisotopic (exact) mass is 395 g/mol. The SMILES string of the molecule is CCN1CCOc2cc(C3N(C)CC(=O)N3CCc3ccc(OC)cc3)ccc21. The van der Waals surface area contributed by atoms with Gasteiger partial charge in [-0.3, -0.25) is 9.69 Å². The molecule has 2 aliphatic rings. The highest BCUT2D eigenvalue weighted by molar-refractivity contribution is 5.81. The van der Waals surface area contributed by atoms with Gasteiger partial charge in [0.1, 0.15) is 24.3 Å². The van der Waals surface area contributed by atoms with E-state index in [2.05, 4.69) is 47.1 Å². The molecule has 1 unspecified atom stereocenters. The van der Waals surface area contributed by atoms with Crippen molar-refractivity contribution in [2.75, 3.05) is 51.8 Å². The molecule has 0 spiro atoms. The maximum Gasteiger partial charge on any atom is 0.238 e. The van der Waals surface area contributed by atoms with Gasteiger partial charge >= 0.3 is 0 Å². The van der Waals surface area contributed by atoms with Crippen LogP contribution in [0.2, 0.25) is 0 Å². The van der Waals surface area contributed by atoms with Crippen LogP contribution >= 0.6 is 0 Å². The van der Waals surface area contributed by atoms with Crippen molar-refractivity contribution in [1.82, 2.24) is 9.80 Å². The summed E-state index contributed by atoms with van der Waals surface area (Å²) in [5.74, 6) is 1.93. The van der Waals surface area contributed by atoms with Crippen molar-refractivity contribution in [2.24, 2.45) is 0 Å². The molecule has 2 aromatic carbocycles. The predicted octanol–water partition coefficient (Wildman–Crippen LogP) is 2.93. The van der Waals surface area contributed by atoms with Crippen molar-refractivity contribution in [3.63, 3.8) is 0 Å². The van der Waals surface area contributed by atoms with Crippen LogP contribution in [-0.4, -0.2) is 62.7 Å². The van der Waals surface area contributed by atoms with Crippen LogP contribution in [-0.2, 0) is 11.2 Å². The zero-order valence-electron chi connectivity index (χ0n) is 17.4. The third-order valence-electron chi connectivity index (χ3n) is 5.84. The molecule has 0 aliphatic carbocycles. The van der Waals surface area contributed by atoms with E-state index in [0.29, 0.717) is 19.7 Å². The highest BCUT2D eigenvalue weighted by atomic mass is 16.5. The van der Waals surface area contributed by atoms with Crippen molar-refractivity contribution >= 4 is 11.6 Å². The molecule has 0 radical (unpaired) electrons. The van der Waals surface area contributed by atoms with Gasteiger partial charge in [-0.25, -0.2) is 0 Å². The first kappa shape index (κ1) is 19.6. The lowest BCUT2D eigenvalue weighted by Gasteiger charge is -2.33. The standard InChI is InChI=1S/C23H29N3O3/c1-4-25-13-14-29-21-15-18(7-10-20(21)25)23-24(2)16-22(27)26(23)12-11-17-5-8-19(28-3)9-6-17/h5-10,15,23H,4,11-14,16H2,1-3H3. The van der Waals surface area contributed by atoms with Crippen LogP contribution in [0.4, 0.5) is 5.69 Å². The lowest BCUT2D eigenvalue weighted by atomic mass is 10.1. The molecule has 2 heterocycles. The topological polar surface area (TPSA) is 45.2 Å². The van der Waals surface area contributed by atoms with Crippen molar-refractivity contribution in [3.8, 4) is 11.5 Å². The van der Waals surface area contributed by atoms with Crippen LogP contribution in [0.3, 0.4) is 0 Å². The normalized spacial score (nSPS) is 19.3. The Bertz CT molecular complexity index is 868. The van der Waals surface area contributed by atoms with E-state index in [0.717, 1.165) is 42.3 Å². The molecular weight excluding hydrogens is 366 g/mol. The van der Waals surface area contributed by atoms with Gasteiger partial charge in [-0.1, -0.05) is 18.2 Å². The first-order valence-electron chi connectivity index (χ1n) is 10.2. The van der Waals surface area contributed by atoms with Crippen LogP contribution in [0.1, 0.15) is 24.2 Å². The summed E-state index contributed by atoms with van der Waals surface area (Å²) >= 11 is 0. The summed E-state index contributed by atoms with van der Waals surface area (Å²) in [5, 5.41) is 0. The molecular formula is C23H29N3O3. The quantitative estimate of drug-likeness (QED) is 0.753. The van der Waals surface area contributed by atoms with Gasteiger partial charge in [0, 0.05) is 13.1 Å². The first-order valence-corrected chi connectivity index (χ1v) is 10.2. The zero-order chi connectivity index (χ0) is 20.4. The number of ether oxygens (including phenoxy) is 2. The minimum Gasteiger partial charge on any atom is -0.497 e. The van der Waals surface area contributed by atoms with Crippen LogP contribution in [0.15, 0.2) is 42.5 Å². The van der Waals surface area contributed by atoms with E-state index in [9.17, 15) is 4.79 Å². The Kier molecular flexibility index (Phi) is 5.62. The molecule has 1 atom stereocenters. The van der Waals surface area contributed by atoms with Gasteiger partial charge in [-0.15, -0.1) is 0 Å². The minimum atomic E-state index is -0.0633. The molecule has 0 aromatic heterocycles. The van der Waals surface area contributed by atoms with Gasteiger partial charge in [0.15, 0.2) is 0 Å². The van der Waals surface area contributed by atoms with E-state index in [-0.39, 0.29) is 12.1 Å². The smallest absolute Gasteiger partial charge is 0.238 e. The summed E-state index contributed by atoms with van der Waals surface area (Å²) in [6, 6.07) is 14.4. The molecule has 2 aliphatic heterocycles. The van der Waals surface area contributed by atoms with Gasteiger partial charge in [0.05, 0.1) is 25.9 Å². The van der Waals surface area contributed by atoms with Gasteiger partial charge in [-0.05, 0) is 55.8 Å². The van der Waals surface area contributed by atoms with Gasteiger partial charge in [0.2, 0.25) is 5.91 Å². The van der Waals surface area contributed by atoms with E-state index in [1.165, 1.54) is 5.56 Å². The van der Waals surface area contributed by atoms with E-state index in [1.54, 1.807) is 7.11 Å². The largest absolute Gasteiger partial charge is 0.497 e. The average molecular weight is 396 g/mol. The lowest BCUT2D eigenvalue weighted by molar-refractivity contribution is -0.128. The van der Waals surface area contributed by atoms with Gasteiger partial charge < -0.3 is 19.3 Å². The maximum atomic E-state index is 12.7. The molecule has 4 rings (SSSR count). The number of carbonyl (C=O) groups excluding carboxylic acids is 1. The molecule has 2 aromatic rings. The molecule has 0 bridgehead atoms. The molecule has 1 saturated heterocycles. The molecule has 0 N–H and O–H groups in total. The molecule has 6 nitrogen and oxygen atoms in total. The number of amides is 1. The van der Waals surface area contributed by atoms with Crippen LogP contribution in [0, 0.1) is 0 Å². The number of fused-ring (bicyclic) bond motifs is 1. The minimum absolute atomic E-state index is 0.0633. The summed E-state index contributed by atoms with van der Waals surface area (Å²) in [6.07, 6.45) is 0.747. The highest BCUT2D eigenvalue weighted by Crippen LogP contribution is 2.37. The van der Waals surface area contributed by atoms with E-state index >= 15 is 0 Å². The fraction of sp³-hybridized carbons (Fsp3) is 0.435. The van der Waals surface area contributed by atoms with Gasteiger partial charge in [-0.2, -0.15) is 0 Å². The van der Waals surface area contributed by atoms with Crippen molar-refractivity contribution in [3.05, 3.63) is 53.6 Å². The molecule has 29 heavy (non-hydrogen) atoms. The fourth-order valence-electron chi connectivity index (χ4n) is 4.27. The number of hydrogen-bond donors (Lipinski definition) is 0. The molecule has 1 amide bonds. The van der Waals surface area contributed by atoms with Crippen LogP contribution in [0.25, 0.3) is 0 Å². The third kappa shape index (κ3) is 3.90. The maximum absolute atomic E-state index is 12.7. The second kappa shape index (κ2) is 8.33. The molecule has 154 valence electrons. The van der Waals surface area contributed by atoms with E-state index in [1.807, 2.05) is 24.1 Å². The summed E-state index contributed by atoms with van der Waals surface area (Å²) in [5.41, 5.74) is 3.43. The Balaban J connectivity index is 1.53. The summed E-state index contributed by atoms with van der Waals surface area (Å²) in [6.45, 7) is 5.86. The number of likely N-dealkylation sites (N-methyl/N-ethyl adjacent to an activating group) is 2. The predicted molar refractivity (Wildman–Crippen MR) is 114 cm³/mol. The first-order chi connectivity index (χ1) is 14.1. The summed E-state index contributed by atoms with van der Waals surface area (Å²) in [4.78, 5) is 19.1. The second-order valence-electron chi connectivity index (χ2n) is 7.63. The number of hydrogen-bond acceptors (Lipinski definition) is 5. The fourth-order valence-corrected chi connectivity index (χ4v) is 4.27. The number of methoxy groups -OCH3 is 1. The van der Waals surface area contributed by atoms with Crippen molar-refractivity contribution in [1.29, 1.82) is 0 Å². The van der Waals surface area contributed by atoms with E-state index < -0.39 is 0 Å².